The molecule has 2 amide bonds. The van der Waals surface area contributed by atoms with E-state index in [9.17, 15) is 9.59 Å². The lowest BCUT2D eigenvalue weighted by molar-refractivity contribution is -0.136. The van der Waals surface area contributed by atoms with Crippen LogP contribution >= 0.6 is 0 Å². The summed E-state index contributed by atoms with van der Waals surface area (Å²) in [4.78, 5) is 24.0. The second-order valence-corrected chi connectivity index (χ2v) is 7.86. The van der Waals surface area contributed by atoms with Crippen molar-refractivity contribution < 1.29 is 9.59 Å². The molecule has 0 aromatic heterocycles. The van der Waals surface area contributed by atoms with Crippen LogP contribution in [0.15, 0.2) is 48.5 Å². The van der Waals surface area contributed by atoms with Gasteiger partial charge in [0.2, 0.25) is 0 Å². The molecular formula is C22H28N2O2. The summed E-state index contributed by atoms with van der Waals surface area (Å²) in [6.07, 6.45) is 0. The van der Waals surface area contributed by atoms with Gasteiger partial charge in [-0.1, -0.05) is 71.0 Å². The first-order chi connectivity index (χ1) is 12.2. The van der Waals surface area contributed by atoms with Crippen LogP contribution in [0.25, 0.3) is 0 Å². The fourth-order valence-corrected chi connectivity index (χ4v) is 2.52. The van der Waals surface area contributed by atoms with Gasteiger partial charge in [0.25, 0.3) is 0 Å². The van der Waals surface area contributed by atoms with Crippen LogP contribution in [0.2, 0.25) is 0 Å². The SMILES string of the molecule is CC(C)c1ccc(NC(=O)C(=O)NCc2ccc(C(C)(C)C)cc2)cc1. The van der Waals surface area contributed by atoms with Crippen LogP contribution in [0.4, 0.5) is 5.69 Å². The fourth-order valence-electron chi connectivity index (χ4n) is 2.52. The predicted octanol–water partition coefficient (Wildman–Crippen LogP) is 4.36. The molecule has 0 atom stereocenters. The van der Waals surface area contributed by atoms with Gasteiger partial charge in [-0.15, -0.1) is 0 Å². The Morgan fingerprint density at radius 2 is 1.46 bits per heavy atom. The zero-order valence-electron chi connectivity index (χ0n) is 16.2. The number of carbonyl (C=O) groups is 2. The van der Waals surface area contributed by atoms with Crippen molar-refractivity contribution in [1.29, 1.82) is 0 Å². The third-order valence-corrected chi connectivity index (χ3v) is 4.31. The lowest BCUT2D eigenvalue weighted by Gasteiger charge is -2.19. The molecule has 2 aromatic carbocycles. The summed E-state index contributed by atoms with van der Waals surface area (Å²) in [6, 6.07) is 15.6. The zero-order chi connectivity index (χ0) is 19.3. The standard InChI is InChI=1S/C22H28N2O2/c1-15(2)17-8-12-19(13-9-17)24-21(26)20(25)23-14-16-6-10-18(11-7-16)22(3,4)5/h6-13,15H,14H2,1-5H3,(H,23,25)(H,24,26). The second kappa shape index (κ2) is 8.17. The summed E-state index contributed by atoms with van der Waals surface area (Å²) in [5.41, 5.74) is 4.08. The predicted molar refractivity (Wildman–Crippen MR) is 106 cm³/mol. The van der Waals surface area contributed by atoms with Crippen molar-refractivity contribution in [2.24, 2.45) is 0 Å². The summed E-state index contributed by atoms with van der Waals surface area (Å²) in [5, 5.41) is 5.28. The van der Waals surface area contributed by atoms with Crippen molar-refractivity contribution in [2.75, 3.05) is 5.32 Å². The van der Waals surface area contributed by atoms with E-state index in [-0.39, 0.29) is 5.41 Å². The molecule has 2 rings (SSSR count). The molecule has 0 saturated carbocycles. The van der Waals surface area contributed by atoms with Crippen LogP contribution < -0.4 is 10.6 Å². The van der Waals surface area contributed by atoms with Crippen LogP contribution in [0.1, 0.15) is 57.2 Å². The quantitative estimate of drug-likeness (QED) is 0.803. The smallest absolute Gasteiger partial charge is 0.313 e. The third kappa shape index (κ3) is 5.45. The van der Waals surface area contributed by atoms with Gasteiger partial charge in [0, 0.05) is 12.2 Å². The van der Waals surface area contributed by atoms with Crippen molar-refractivity contribution in [3.63, 3.8) is 0 Å². The number of nitrogens with one attached hydrogen (secondary N) is 2. The molecule has 0 fully saturated rings. The van der Waals surface area contributed by atoms with E-state index in [0.29, 0.717) is 18.2 Å². The Morgan fingerprint density at radius 3 is 1.96 bits per heavy atom. The van der Waals surface area contributed by atoms with Crippen molar-refractivity contribution in [1.82, 2.24) is 5.32 Å². The molecule has 4 nitrogen and oxygen atoms in total. The fraction of sp³-hybridized carbons (Fsp3) is 0.364. The summed E-state index contributed by atoms with van der Waals surface area (Å²) < 4.78 is 0. The topological polar surface area (TPSA) is 58.2 Å². The summed E-state index contributed by atoms with van der Waals surface area (Å²) >= 11 is 0. The highest BCUT2D eigenvalue weighted by atomic mass is 16.2. The molecule has 0 heterocycles. The van der Waals surface area contributed by atoms with Gasteiger partial charge >= 0.3 is 11.8 Å². The molecule has 2 aromatic rings. The Bertz CT molecular complexity index is 754. The maximum Gasteiger partial charge on any atom is 0.313 e. The van der Waals surface area contributed by atoms with E-state index in [0.717, 1.165) is 5.56 Å². The van der Waals surface area contributed by atoms with E-state index in [1.165, 1.54) is 11.1 Å². The van der Waals surface area contributed by atoms with E-state index in [1.54, 1.807) is 0 Å². The Hall–Kier alpha value is -2.62. The Morgan fingerprint density at radius 1 is 0.885 bits per heavy atom. The first kappa shape index (κ1) is 19.7. The van der Waals surface area contributed by atoms with Crippen LogP contribution in [0, 0.1) is 0 Å². The monoisotopic (exact) mass is 352 g/mol. The highest BCUT2D eigenvalue weighted by Crippen LogP contribution is 2.22. The molecule has 0 spiro atoms. The number of rotatable bonds is 4. The van der Waals surface area contributed by atoms with Gasteiger partial charge in [0.15, 0.2) is 0 Å². The zero-order valence-corrected chi connectivity index (χ0v) is 16.2. The maximum atomic E-state index is 12.0. The van der Waals surface area contributed by atoms with Gasteiger partial charge in [0.1, 0.15) is 0 Å². The molecule has 26 heavy (non-hydrogen) atoms. The third-order valence-electron chi connectivity index (χ3n) is 4.31. The average molecular weight is 352 g/mol. The van der Waals surface area contributed by atoms with Gasteiger partial charge in [-0.3, -0.25) is 9.59 Å². The molecule has 0 aliphatic heterocycles. The molecule has 0 unspecified atom stereocenters. The Balaban J connectivity index is 1.88. The number of hydrogen-bond donors (Lipinski definition) is 2. The molecule has 2 N–H and O–H groups in total. The van der Waals surface area contributed by atoms with Crippen molar-refractivity contribution in [3.05, 3.63) is 65.2 Å². The number of benzene rings is 2. The van der Waals surface area contributed by atoms with Crippen molar-refractivity contribution in [2.45, 2.75) is 52.5 Å². The van der Waals surface area contributed by atoms with Gasteiger partial charge in [0.05, 0.1) is 0 Å². The minimum absolute atomic E-state index is 0.0901. The maximum absolute atomic E-state index is 12.0. The molecule has 0 aliphatic rings. The summed E-state index contributed by atoms with van der Waals surface area (Å²) in [5.74, 6) is -0.876. The Kier molecular flexibility index (Phi) is 6.19. The normalized spacial score (nSPS) is 11.3. The Labute approximate surface area is 156 Å². The van der Waals surface area contributed by atoms with E-state index in [1.807, 2.05) is 36.4 Å². The number of amides is 2. The number of hydrogen-bond acceptors (Lipinski definition) is 2. The molecule has 4 heteroatoms. The van der Waals surface area contributed by atoms with Crippen LogP contribution in [0.5, 0.6) is 0 Å². The van der Waals surface area contributed by atoms with Crippen LogP contribution in [-0.2, 0) is 21.5 Å². The molecule has 0 bridgehead atoms. The van der Waals surface area contributed by atoms with E-state index >= 15 is 0 Å². The second-order valence-electron chi connectivity index (χ2n) is 7.86. The van der Waals surface area contributed by atoms with Crippen LogP contribution in [-0.4, -0.2) is 11.8 Å². The van der Waals surface area contributed by atoms with E-state index in [2.05, 4.69) is 57.4 Å². The minimum atomic E-state index is -0.659. The highest BCUT2D eigenvalue weighted by Gasteiger charge is 2.15. The van der Waals surface area contributed by atoms with E-state index < -0.39 is 11.8 Å². The molecule has 138 valence electrons. The first-order valence-corrected chi connectivity index (χ1v) is 8.95. The highest BCUT2D eigenvalue weighted by molar-refractivity contribution is 6.39. The molecule has 0 aliphatic carbocycles. The largest absolute Gasteiger partial charge is 0.344 e. The molecular weight excluding hydrogens is 324 g/mol. The van der Waals surface area contributed by atoms with Crippen LogP contribution in [0.3, 0.4) is 0 Å². The van der Waals surface area contributed by atoms with Crippen molar-refractivity contribution >= 4 is 17.5 Å². The summed E-state index contributed by atoms with van der Waals surface area (Å²) in [6.45, 7) is 11.0. The minimum Gasteiger partial charge on any atom is -0.344 e. The van der Waals surface area contributed by atoms with Gasteiger partial charge < -0.3 is 10.6 Å². The van der Waals surface area contributed by atoms with Crippen molar-refractivity contribution in [3.8, 4) is 0 Å². The number of carbonyl (C=O) groups excluding carboxylic acids is 2. The van der Waals surface area contributed by atoms with Gasteiger partial charge in [-0.25, -0.2) is 0 Å². The molecule has 0 radical (unpaired) electrons. The lowest BCUT2D eigenvalue weighted by Crippen LogP contribution is -2.34. The first-order valence-electron chi connectivity index (χ1n) is 8.95. The average Bonchev–Trinajstić information content (AvgIpc) is 2.59. The van der Waals surface area contributed by atoms with Gasteiger partial charge in [-0.05, 0) is 40.2 Å². The summed E-state index contributed by atoms with van der Waals surface area (Å²) in [7, 11) is 0. The number of anilines is 1. The lowest BCUT2D eigenvalue weighted by atomic mass is 9.87. The van der Waals surface area contributed by atoms with Gasteiger partial charge in [-0.2, -0.15) is 0 Å². The van der Waals surface area contributed by atoms with E-state index in [4.69, 9.17) is 0 Å². The molecule has 0 saturated heterocycles.